The number of esters is 1. The van der Waals surface area contributed by atoms with Gasteiger partial charge in [-0.05, 0) is 6.92 Å². The molecule has 0 spiro atoms. The number of hydrogen-bond acceptors (Lipinski definition) is 5. The number of imide groups is 1. The van der Waals surface area contributed by atoms with Gasteiger partial charge in [0.15, 0.2) is 0 Å². The van der Waals surface area contributed by atoms with Gasteiger partial charge in [-0.3, -0.25) is 24.6 Å². The van der Waals surface area contributed by atoms with E-state index in [1.54, 1.807) is 6.92 Å². The molecule has 6 heteroatoms. The molecule has 1 saturated heterocycles. The molecule has 0 aromatic rings. The maximum atomic E-state index is 11.5. The van der Waals surface area contributed by atoms with E-state index in [0.717, 1.165) is 4.90 Å². The first-order chi connectivity index (χ1) is 6.97. The molecule has 2 atom stereocenters. The Hall–Kier alpha value is -1.43. The molecule has 1 N–H and O–H groups in total. The summed E-state index contributed by atoms with van der Waals surface area (Å²) in [7, 11) is 2.70. The number of methoxy groups -OCH3 is 1. The molecular weight excluding hydrogens is 200 g/mol. The zero-order valence-electron chi connectivity index (χ0n) is 8.94. The van der Waals surface area contributed by atoms with Crippen LogP contribution >= 0.6 is 0 Å². The Morgan fingerprint density at radius 1 is 1.60 bits per heavy atom. The van der Waals surface area contributed by atoms with Crippen LogP contribution in [0.15, 0.2) is 0 Å². The van der Waals surface area contributed by atoms with Gasteiger partial charge in [-0.25, -0.2) is 0 Å². The van der Waals surface area contributed by atoms with E-state index in [0.29, 0.717) is 0 Å². The van der Waals surface area contributed by atoms with Gasteiger partial charge in [0.25, 0.3) is 0 Å². The van der Waals surface area contributed by atoms with Gasteiger partial charge in [-0.2, -0.15) is 0 Å². The van der Waals surface area contributed by atoms with Gasteiger partial charge in [-0.15, -0.1) is 0 Å². The molecule has 1 rings (SSSR count). The van der Waals surface area contributed by atoms with Crippen LogP contribution < -0.4 is 5.32 Å². The van der Waals surface area contributed by atoms with Crippen molar-refractivity contribution in [3.8, 4) is 0 Å². The summed E-state index contributed by atoms with van der Waals surface area (Å²) in [5, 5.41) is 2.75. The first kappa shape index (κ1) is 11.6. The molecule has 0 aromatic heterocycles. The zero-order valence-corrected chi connectivity index (χ0v) is 8.94. The number of nitrogens with zero attached hydrogens (tertiary/aromatic N) is 1. The lowest BCUT2D eigenvalue weighted by Gasteiger charge is -2.15. The van der Waals surface area contributed by atoms with Crippen LogP contribution in [0.25, 0.3) is 0 Å². The SMILES string of the molecule is COC(=O)C(C)NC1CC(=O)N(C)C1=O. The Labute approximate surface area is 87.6 Å². The molecule has 1 fully saturated rings. The largest absolute Gasteiger partial charge is 0.468 e. The van der Waals surface area contributed by atoms with Crippen LogP contribution in [0.4, 0.5) is 0 Å². The highest BCUT2D eigenvalue weighted by Gasteiger charge is 2.37. The second kappa shape index (κ2) is 4.39. The summed E-state index contributed by atoms with van der Waals surface area (Å²) in [6.07, 6.45) is 0.0939. The van der Waals surface area contributed by atoms with E-state index in [2.05, 4.69) is 10.1 Å². The second-order valence-electron chi connectivity index (χ2n) is 3.46. The van der Waals surface area contributed by atoms with Crippen molar-refractivity contribution in [2.75, 3.05) is 14.2 Å². The number of rotatable bonds is 3. The number of carbonyl (C=O) groups is 3. The van der Waals surface area contributed by atoms with Gasteiger partial charge >= 0.3 is 5.97 Å². The Kier molecular flexibility index (Phi) is 3.41. The molecule has 1 aliphatic heterocycles. The Bertz CT molecular complexity index is 302. The lowest BCUT2D eigenvalue weighted by molar-refractivity contribution is -0.143. The molecule has 0 saturated carbocycles. The van der Waals surface area contributed by atoms with E-state index in [4.69, 9.17) is 0 Å². The Balaban J connectivity index is 2.57. The minimum atomic E-state index is -0.614. The summed E-state index contributed by atoms with van der Waals surface area (Å²) >= 11 is 0. The average molecular weight is 214 g/mol. The summed E-state index contributed by atoms with van der Waals surface area (Å²) in [6, 6.07) is -1.21. The number of likely N-dealkylation sites (N-methyl/N-ethyl adjacent to an activating group) is 1. The molecule has 0 aliphatic carbocycles. The summed E-state index contributed by atoms with van der Waals surface area (Å²) in [6.45, 7) is 1.59. The summed E-state index contributed by atoms with van der Waals surface area (Å²) in [4.78, 5) is 34.7. The number of ether oxygens (including phenoxy) is 1. The predicted octanol–water partition coefficient (Wildman–Crippen LogP) is -1.11. The van der Waals surface area contributed by atoms with Crippen LogP contribution in [0.3, 0.4) is 0 Å². The molecule has 0 aromatic carbocycles. The van der Waals surface area contributed by atoms with Gasteiger partial charge in [0.2, 0.25) is 11.8 Å². The van der Waals surface area contributed by atoms with Crippen molar-refractivity contribution in [3.63, 3.8) is 0 Å². The molecule has 2 unspecified atom stereocenters. The van der Waals surface area contributed by atoms with Gasteiger partial charge < -0.3 is 4.74 Å². The number of hydrogen-bond donors (Lipinski definition) is 1. The van der Waals surface area contributed by atoms with Crippen LogP contribution in [-0.4, -0.2) is 48.9 Å². The fourth-order valence-electron chi connectivity index (χ4n) is 1.43. The van der Waals surface area contributed by atoms with Crippen LogP contribution in [0.5, 0.6) is 0 Å². The maximum absolute atomic E-state index is 11.5. The van der Waals surface area contributed by atoms with E-state index in [1.807, 2.05) is 0 Å². The quantitative estimate of drug-likeness (QED) is 0.476. The standard InChI is InChI=1S/C9H14N2O4/c1-5(9(14)15-3)10-6-4-7(12)11(2)8(6)13/h5-6,10H,4H2,1-3H3. The molecule has 6 nitrogen and oxygen atoms in total. The number of carbonyl (C=O) groups excluding carboxylic acids is 3. The molecule has 1 heterocycles. The third kappa shape index (κ3) is 2.33. The van der Waals surface area contributed by atoms with Gasteiger partial charge in [0.1, 0.15) is 6.04 Å². The summed E-state index contributed by atoms with van der Waals surface area (Å²) < 4.78 is 4.50. The first-order valence-corrected chi connectivity index (χ1v) is 4.61. The second-order valence-corrected chi connectivity index (χ2v) is 3.46. The number of nitrogens with one attached hydrogen (secondary N) is 1. The van der Waals surface area contributed by atoms with Crippen molar-refractivity contribution in [3.05, 3.63) is 0 Å². The smallest absolute Gasteiger partial charge is 0.322 e. The number of amides is 2. The molecule has 1 aliphatic rings. The molecule has 84 valence electrons. The van der Waals surface area contributed by atoms with Crippen molar-refractivity contribution in [1.29, 1.82) is 0 Å². The van der Waals surface area contributed by atoms with Crippen LogP contribution in [-0.2, 0) is 19.1 Å². The highest BCUT2D eigenvalue weighted by Crippen LogP contribution is 2.11. The van der Waals surface area contributed by atoms with E-state index >= 15 is 0 Å². The van der Waals surface area contributed by atoms with Crippen molar-refractivity contribution < 1.29 is 19.1 Å². The van der Waals surface area contributed by atoms with Gasteiger partial charge in [0, 0.05) is 7.05 Å². The lowest BCUT2D eigenvalue weighted by atomic mass is 10.2. The van der Waals surface area contributed by atoms with Crippen LogP contribution in [0.2, 0.25) is 0 Å². The van der Waals surface area contributed by atoms with Crippen molar-refractivity contribution in [2.45, 2.75) is 25.4 Å². The fraction of sp³-hybridized carbons (Fsp3) is 0.667. The zero-order chi connectivity index (χ0) is 11.6. The van der Waals surface area contributed by atoms with E-state index in [-0.39, 0.29) is 18.2 Å². The van der Waals surface area contributed by atoms with Crippen molar-refractivity contribution in [2.24, 2.45) is 0 Å². The Morgan fingerprint density at radius 3 is 2.60 bits per heavy atom. The van der Waals surface area contributed by atoms with E-state index < -0.39 is 18.1 Å². The van der Waals surface area contributed by atoms with Gasteiger partial charge in [-0.1, -0.05) is 0 Å². The maximum Gasteiger partial charge on any atom is 0.322 e. The van der Waals surface area contributed by atoms with E-state index in [9.17, 15) is 14.4 Å². The highest BCUT2D eigenvalue weighted by molar-refractivity contribution is 6.05. The lowest BCUT2D eigenvalue weighted by Crippen LogP contribution is -2.45. The van der Waals surface area contributed by atoms with Crippen molar-refractivity contribution in [1.82, 2.24) is 10.2 Å². The molecular formula is C9H14N2O4. The molecule has 0 bridgehead atoms. The molecule has 15 heavy (non-hydrogen) atoms. The third-order valence-corrected chi connectivity index (χ3v) is 2.39. The van der Waals surface area contributed by atoms with E-state index in [1.165, 1.54) is 14.2 Å². The van der Waals surface area contributed by atoms with Crippen LogP contribution in [0.1, 0.15) is 13.3 Å². The predicted molar refractivity (Wildman–Crippen MR) is 50.8 cm³/mol. The minimum Gasteiger partial charge on any atom is -0.468 e. The Morgan fingerprint density at radius 2 is 2.20 bits per heavy atom. The van der Waals surface area contributed by atoms with Gasteiger partial charge in [0.05, 0.1) is 19.6 Å². The molecule has 2 amide bonds. The fourth-order valence-corrected chi connectivity index (χ4v) is 1.43. The monoisotopic (exact) mass is 214 g/mol. The average Bonchev–Trinajstić information content (AvgIpc) is 2.45. The van der Waals surface area contributed by atoms with Crippen LogP contribution in [0, 0.1) is 0 Å². The highest BCUT2D eigenvalue weighted by atomic mass is 16.5. The summed E-state index contributed by atoms with van der Waals surface area (Å²) in [5.41, 5.74) is 0. The number of likely N-dealkylation sites (tertiary alicyclic amines) is 1. The summed E-state index contributed by atoms with van der Waals surface area (Å²) in [5.74, 6) is -1.00. The molecule has 0 radical (unpaired) electrons. The first-order valence-electron chi connectivity index (χ1n) is 4.61. The van der Waals surface area contributed by atoms with Crippen molar-refractivity contribution >= 4 is 17.8 Å². The topological polar surface area (TPSA) is 75.7 Å². The normalized spacial score (nSPS) is 23.1. The third-order valence-electron chi connectivity index (χ3n) is 2.39. The minimum absolute atomic E-state index is 0.0939.